The van der Waals surface area contributed by atoms with Gasteiger partial charge in [0.05, 0.1) is 13.7 Å². The zero-order valence-corrected chi connectivity index (χ0v) is 15.2. The molecule has 1 aromatic carbocycles. The lowest BCUT2D eigenvalue weighted by molar-refractivity contribution is 0.150. The zero-order chi connectivity index (χ0) is 17.5. The number of urea groups is 1. The summed E-state index contributed by atoms with van der Waals surface area (Å²) >= 11 is 0. The van der Waals surface area contributed by atoms with Crippen LogP contribution in [0.3, 0.4) is 0 Å². The number of nitrogens with one attached hydrogen (secondary N) is 1. The molecule has 0 bridgehead atoms. The number of rotatable bonds is 7. The number of ether oxygens (including phenoxy) is 2. The van der Waals surface area contributed by atoms with Crippen LogP contribution in [-0.2, 0) is 6.42 Å². The highest BCUT2D eigenvalue weighted by Crippen LogP contribution is 2.28. The summed E-state index contributed by atoms with van der Waals surface area (Å²) in [6, 6.07) is 5.84. The van der Waals surface area contributed by atoms with E-state index in [1.807, 2.05) is 57.7 Å². The highest BCUT2D eigenvalue weighted by atomic mass is 16.5. The van der Waals surface area contributed by atoms with Gasteiger partial charge in [0.2, 0.25) is 0 Å². The lowest BCUT2D eigenvalue weighted by Gasteiger charge is -2.34. The number of hydrogen-bond acceptors (Lipinski definition) is 3. The molecular formula is C18H30N2O3. The summed E-state index contributed by atoms with van der Waals surface area (Å²) in [5.41, 5.74) is 0.922. The third kappa shape index (κ3) is 5.66. The van der Waals surface area contributed by atoms with Crippen LogP contribution >= 0.6 is 0 Å². The Hall–Kier alpha value is -1.91. The maximum Gasteiger partial charge on any atom is 0.317 e. The third-order valence-corrected chi connectivity index (χ3v) is 3.59. The van der Waals surface area contributed by atoms with Crippen LogP contribution in [0.25, 0.3) is 0 Å². The van der Waals surface area contributed by atoms with E-state index >= 15 is 0 Å². The van der Waals surface area contributed by atoms with Crippen molar-refractivity contribution in [2.45, 2.75) is 46.6 Å². The summed E-state index contributed by atoms with van der Waals surface area (Å²) in [5.74, 6) is 1.47. The van der Waals surface area contributed by atoms with E-state index in [0.29, 0.717) is 19.7 Å². The van der Waals surface area contributed by atoms with Gasteiger partial charge in [0.25, 0.3) is 0 Å². The summed E-state index contributed by atoms with van der Waals surface area (Å²) < 4.78 is 10.9. The summed E-state index contributed by atoms with van der Waals surface area (Å²) in [6.07, 6.45) is 0.746. The molecular weight excluding hydrogens is 292 g/mol. The van der Waals surface area contributed by atoms with Gasteiger partial charge in [-0.05, 0) is 58.7 Å². The Morgan fingerprint density at radius 1 is 1.22 bits per heavy atom. The van der Waals surface area contributed by atoms with Crippen molar-refractivity contribution in [3.8, 4) is 11.5 Å². The number of benzene rings is 1. The van der Waals surface area contributed by atoms with Gasteiger partial charge in [-0.25, -0.2) is 4.79 Å². The molecule has 0 spiro atoms. The van der Waals surface area contributed by atoms with Crippen LogP contribution in [0.5, 0.6) is 11.5 Å². The molecule has 5 heteroatoms. The fourth-order valence-corrected chi connectivity index (χ4v) is 2.47. The largest absolute Gasteiger partial charge is 0.493 e. The molecule has 0 aromatic heterocycles. The Balaban J connectivity index is 2.60. The molecule has 0 aliphatic carbocycles. The van der Waals surface area contributed by atoms with Crippen molar-refractivity contribution in [1.82, 2.24) is 10.2 Å². The fraction of sp³-hybridized carbons (Fsp3) is 0.611. The van der Waals surface area contributed by atoms with Gasteiger partial charge >= 0.3 is 6.03 Å². The monoisotopic (exact) mass is 322 g/mol. The molecule has 1 N–H and O–H groups in total. The topological polar surface area (TPSA) is 50.8 Å². The van der Waals surface area contributed by atoms with Crippen LogP contribution in [0.4, 0.5) is 4.79 Å². The van der Waals surface area contributed by atoms with Crippen molar-refractivity contribution in [2.75, 3.05) is 26.8 Å². The lowest BCUT2D eigenvalue weighted by Crippen LogP contribution is -2.50. The Morgan fingerprint density at radius 2 is 1.91 bits per heavy atom. The Bertz CT molecular complexity index is 509. The van der Waals surface area contributed by atoms with E-state index in [2.05, 4.69) is 5.32 Å². The molecule has 0 aliphatic rings. The van der Waals surface area contributed by atoms with E-state index in [0.717, 1.165) is 23.5 Å². The number of carbonyl (C=O) groups excluding carboxylic acids is 1. The normalized spacial score (nSPS) is 11.0. The quantitative estimate of drug-likeness (QED) is 0.836. The molecule has 1 aromatic rings. The van der Waals surface area contributed by atoms with Crippen LogP contribution in [-0.4, -0.2) is 43.3 Å². The van der Waals surface area contributed by atoms with Crippen molar-refractivity contribution in [1.29, 1.82) is 0 Å². The molecule has 0 saturated heterocycles. The second kappa shape index (κ2) is 8.65. The van der Waals surface area contributed by atoms with Gasteiger partial charge in [-0.3, -0.25) is 0 Å². The van der Waals surface area contributed by atoms with E-state index in [1.165, 1.54) is 0 Å². The highest BCUT2D eigenvalue weighted by molar-refractivity contribution is 5.74. The first kappa shape index (κ1) is 19.1. The molecule has 0 unspecified atom stereocenters. The van der Waals surface area contributed by atoms with Gasteiger partial charge in [0.1, 0.15) is 0 Å². The molecule has 0 atom stereocenters. The average molecular weight is 322 g/mol. The minimum atomic E-state index is -0.179. The molecule has 2 amide bonds. The summed E-state index contributed by atoms with van der Waals surface area (Å²) in [7, 11) is 1.63. The second-order valence-electron chi connectivity index (χ2n) is 6.32. The summed E-state index contributed by atoms with van der Waals surface area (Å²) in [5, 5.41) is 2.98. The van der Waals surface area contributed by atoms with Crippen molar-refractivity contribution >= 4 is 6.03 Å². The van der Waals surface area contributed by atoms with Crippen LogP contribution in [0.1, 0.15) is 40.2 Å². The molecule has 5 nitrogen and oxygen atoms in total. The van der Waals surface area contributed by atoms with Gasteiger partial charge in [0.15, 0.2) is 11.5 Å². The minimum Gasteiger partial charge on any atom is -0.493 e. The van der Waals surface area contributed by atoms with Gasteiger partial charge < -0.3 is 19.7 Å². The molecule has 1 rings (SSSR count). The minimum absolute atomic E-state index is 0.0297. The van der Waals surface area contributed by atoms with Crippen LogP contribution in [0.2, 0.25) is 0 Å². The number of nitrogens with zero attached hydrogens (tertiary/aromatic N) is 1. The molecule has 0 radical (unpaired) electrons. The number of carbonyl (C=O) groups is 1. The van der Waals surface area contributed by atoms with Gasteiger partial charge in [0, 0.05) is 18.6 Å². The second-order valence-corrected chi connectivity index (χ2v) is 6.32. The number of amides is 2. The first-order valence-corrected chi connectivity index (χ1v) is 8.18. The lowest BCUT2D eigenvalue weighted by atomic mass is 10.1. The van der Waals surface area contributed by atoms with E-state index in [1.54, 1.807) is 7.11 Å². The maximum atomic E-state index is 12.2. The van der Waals surface area contributed by atoms with E-state index in [4.69, 9.17) is 9.47 Å². The fourth-order valence-electron chi connectivity index (χ4n) is 2.47. The predicted molar refractivity (Wildman–Crippen MR) is 93.4 cm³/mol. The van der Waals surface area contributed by atoms with Crippen molar-refractivity contribution in [3.05, 3.63) is 23.8 Å². The highest BCUT2D eigenvalue weighted by Gasteiger charge is 2.24. The SMILES string of the molecule is CCOc1ccc(CCNC(=O)N(CC)C(C)(C)C)cc1OC. The Kier molecular flexibility index (Phi) is 7.20. The van der Waals surface area contributed by atoms with Crippen molar-refractivity contribution in [3.63, 3.8) is 0 Å². The van der Waals surface area contributed by atoms with E-state index in [9.17, 15) is 4.79 Å². The van der Waals surface area contributed by atoms with Gasteiger partial charge in [-0.1, -0.05) is 6.07 Å². The van der Waals surface area contributed by atoms with E-state index < -0.39 is 0 Å². The average Bonchev–Trinajstić information content (AvgIpc) is 2.48. The molecule has 23 heavy (non-hydrogen) atoms. The smallest absolute Gasteiger partial charge is 0.317 e. The van der Waals surface area contributed by atoms with Crippen molar-refractivity contribution in [2.24, 2.45) is 0 Å². The van der Waals surface area contributed by atoms with Crippen LogP contribution in [0.15, 0.2) is 18.2 Å². The third-order valence-electron chi connectivity index (χ3n) is 3.59. The maximum absolute atomic E-state index is 12.2. The van der Waals surface area contributed by atoms with Crippen LogP contribution < -0.4 is 14.8 Å². The van der Waals surface area contributed by atoms with Crippen LogP contribution in [0, 0.1) is 0 Å². The molecule has 0 aliphatic heterocycles. The van der Waals surface area contributed by atoms with E-state index in [-0.39, 0.29) is 11.6 Å². The van der Waals surface area contributed by atoms with Gasteiger partial charge in [-0.2, -0.15) is 0 Å². The summed E-state index contributed by atoms with van der Waals surface area (Å²) in [6.45, 7) is 11.9. The van der Waals surface area contributed by atoms with Crippen molar-refractivity contribution < 1.29 is 14.3 Å². The Morgan fingerprint density at radius 3 is 2.43 bits per heavy atom. The molecule has 0 heterocycles. The molecule has 0 saturated carbocycles. The zero-order valence-electron chi connectivity index (χ0n) is 15.2. The first-order valence-electron chi connectivity index (χ1n) is 8.18. The predicted octanol–water partition coefficient (Wildman–Crippen LogP) is 3.47. The van der Waals surface area contributed by atoms with Gasteiger partial charge in [-0.15, -0.1) is 0 Å². The Labute approximate surface area is 140 Å². The number of methoxy groups -OCH3 is 1. The molecule has 130 valence electrons. The first-order chi connectivity index (χ1) is 10.8. The molecule has 0 fully saturated rings. The standard InChI is InChI=1S/C18H30N2O3/c1-7-20(18(3,4)5)17(21)19-12-11-14-9-10-15(23-8-2)16(13-14)22-6/h9-10,13H,7-8,11-12H2,1-6H3,(H,19,21). The summed E-state index contributed by atoms with van der Waals surface area (Å²) in [4.78, 5) is 14.1. The number of hydrogen-bond donors (Lipinski definition) is 1.